The molecule has 0 aliphatic carbocycles. The Kier molecular flexibility index (Phi) is 6.07. The number of piperazine rings is 1. The molecule has 0 N–H and O–H groups in total. The van der Waals surface area contributed by atoms with Crippen LogP contribution in [0.15, 0.2) is 23.1 Å². The van der Waals surface area contributed by atoms with Gasteiger partial charge >= 0.3 is 0 Å². The normalized spacial score (nSPS) is 20.8. The lowest BCUT2D eigenvalue weighted by molar-refractivity contribution is -0.133. The van der Waals surface area contributed by atoms with Gasteiger partial charge in [0.1, 0.15) is 4.32 Å². The lowest BCUT2D eigenvalue weighted by atomic mass is 10.2. The molecule has 2 saturated heterocycles. The minimum Gasteiger partial charge on any atom is -0.454 e. The lowest BCUT2D eigenvalue weighted by Crippen LogP contribution is -2.47. The summed E-state index contributed by atoms with van der Waals surface area (Å²) in [6.07, 6.45) is 2.85. The largest absolute Gasteiger partial charge is 0.454 e. The summed E-state index contributed by atoms with van der Waals surface area (Å²) >= 11 is 6.68. The van der Waals surface area contributed by atoms with Gasteiger partial charge in [-0.1, -0.05) is 30.0 Å². The van der Waals surface area contributed by atoms with E-state index >= 15 is 0 Å². The average Bonchev–Trinajstić information content (AvgIpc) is 3.27. The van der Waals surface area contributed by atoms with Gasteiger partial charge in [0.05, 0.1) is 4.91 Å². The van der Waals surface area contributed by atoms with Crippen molar-refractivity contribution >= 4 is 46.2 Å². The summed E-state index contributed by atoms with van der Waals surface area (Å²) in [7, 11) is 2.06. The standard InChI is InChI=1S/C20H23N3O4S2/c1-21-7-9-22(10-8-21)18(24)3-2-6-23-19(25)17(29-20(23)28)12-14-4-5-15-16(11-14)27-13-26-15/h4-5,11-12H,2-3,6-10,13H2,1H3. The Hall–Kier alpha value is -2.10. The van der Waals surface area contributed by atoms with Gasteiger partial charge in [-0.3, -0.25) is 14.5 Å². The Morgan fingerprint density at radius 1 is 1.21 bits per heavy atom. The molecular weight excluding hydrogens is 410 g/mol. The van der Waals surface area contributed by atoms with Crippen molar-refractivity contribution in [3.05, 3.63) is 28.7 Å². The van der Waals surface area contributed by atoms with Gasteiger partial charge in [-0.05, 0) is 37.2 Å². The Labute approximate surface area is 179 Å². The summed E-state index contributed by atoms with van der Waals surface area (Å²) in [5.41, 5.74) is 0.861. The molecule has 0 aromatic heterocycles. The molecule has 0 spiro atoms. The SMILES string of the molecule is CN1CCN(C(=O)CCCN2C(=O)C(=Cc3ccc4c(c3)OCO4)SC2=S)CC1. The minimum atomic E-state index is -0.107. The first-order valence-corrected chi connectivity index (χ1v) is 10.8. The average molecular weight is 434 g/mol. The molecule has 0 unspecified atom stereocenters. The number of hydrogen-bond acceptors (Lipinski definition) is 7. The molecule has 1 aromatic rings. The fourth-order valence-electron chi connectivity index (χ4n) is 3.45. The predicted molar refractivity (Wildman–Crippen MR) is 116 cm³/mol. The zero-order chi connectivity index (χ0) is 20.4. The van der Waals surface area contributed by atoms with Crippen LogP contribution < -0.4 is 9.47 Å². The number of rotatable bonds is 5. The first-order valence-electron chi connectivity index (χ1n) is 9.62. The van der Waals surface area contributed by atoms with Crippen LogP contribution >= 0.6 is 24.0 Å². The van der Waals surface area contributed by atoms with E-state index in [-0.39, 0.29) is 18.6 Å². The molecule has 154 valence electrons. The molecular formula is C20H23N3O4S2. The number of carbonyl (C=O) groups is 2. The van der Waals surface area contributed by atoms with Gasteiger partial charge in [0, 0.05) is 39.1 Å². The van der Waals surface area contributed by atoms with E-state index in [9.17, 15) is 9.59 Å². The molecule has 9 heteroatoms. The first-order chi connectivity index (χ1) is 14.0. The van der Waals surface area contributed by atoms with Gasteiger partial charge in [-0.15, -0.1) is 0 Å². The predicted octanol–water partition coefficient (Wildman–Crippen LogP) is 2.17. The number of likely N-dealkylation sites (N-methyl/N-ethyl adjacent to an activating group) is 1. The second-order valence-corrected chi connectivity index (χ2v) is 8.91. The molecule has 29 heavy (non-hydrogen) atoms. The van der Waals surface area contributed by atoms with Crippen molar-refractivity contribution < 1.29 is 19.1 Å². The van der Waals surface area contributed by atoms with E-state index in [1.54, 1.807) is 4.90 Å². The van der Waals surface area contributed by atoms with Crippen molar-refractivity contribution in [3.63, 3.8) is 0 Å². The van der Waals surface area contributed by atoms with Crippen molar-refractivity contribution in [2.45, 2.75) is 12.8 Å². The fourth-order valence-corrected chi connectivity index (χ4v) is 4.76. The smallest absolute Gasteiger partial charge is 0.266 e. The molecule has 2 fully saturated rings. The van der Waals surface area contributed by atoms with E-state index in [0.717, 1.165) is 31.7 Å². The molecule has 1 aromatic carbocycles. The number of thiocarbonyl (C=S) groups is 1. The summed E-state index contributed by atoms with van der Waals surface area (Å²) in [6, 6.07) is 5.57. The summed E-state index contributed by atoms with van der Waals surface area (Å²) in [4.78, 5) is 31.4. The van der Waals surface area contributed by atoms with Crippen LogP contribution in [0.3, 0.4) is 0 Å². The maximum Gasteiger partial charge on any atom is 0.266 e. The van der Waals surface area contributed by atoms with Crippen molar-refractivity contribution in [3.8, 4) is 11.5 Å². The Balaban J connectivity index is 1.32. The van der Waals surface area contributed by atoms with Crippen LogP contribution in [-0.2, 0) is 9.59 Å². The van der Waals surface area contributed by atoms with Crippen LogP contribution in [0.25, 0.3) is 6.08 Å². The lowest BCUT2D eigenvalue weighted by Gasteiger charge is -2.32. The quantitative estimate of drug-likeness (QED) is 0.521. The molecule has 0 atom stereocenters. The number of ether oxygens (including phenoxy) is 2. The maximum absolute atomic E-state index is 12.8. The van der Waals surface area contributed by atoms with E-state index in [1.807, 2.05) is 29.2 Å². The van der Waals surface area contributed by atoms with E-state index in [0.29, 0.717) is 40.1 Å². The van der Waals surface area contributed by atoms with E-state index in [4.69, 9.17) is 21.7 Å². The van der Waals surface area contributed by atoms with Crippen molar-refractivity contribution in [1.82, 2.24) is 14.7 Å². The number of hydrogen-bond donors (Lipinski definition) is 0. The van der Waals surface area contributed by atoms with Gasteiger partial charge in [-0.2, -0.15) is 0 Å². The molecule has 3 aliphatic rings. The number of carbonyl (C=O) groups excluding carboxylic acids is 2. The highest BCUT2D eigenvalue weighted by molar-refractivity contribution is 8.26. The fraction of sp³-hybridized carbons (Fsp3) is 0.450. The molecule has 7 nitrogen and oxygen atoms in total. The highest BCUT2D eigenvalue weighted by Crippen LogP contribution is 2.36. The highest BCUT2D eigenvalue weighted by Gasteiger charge is 2.32. The molecule has 0 bridgehead atoms. The molecule has 0 radical (unpaired) electrons. The van der Waals surface area contributed by atoms with Crippen molar-refractivity contribution in [1.29, 1.82) is 0 Å². The molecule has 3 aliphatic heterocycles. The molecule has 3 heterocycles. The van der Waals surface area contributed by atoms with Gasteiger partial charge in [0.15, 0.2) is 11.5 Å². The third kappa shape index (κ3) is 4.57. The zero-order valence-electron chi connectivity index (χ0n) is 16.3. The Morgan fingerprint density at radius 3 is 2.76 bits per heavy atom. The first kappa shape index (κ1) is 20.2. The van der Waals surface area contributed by atoms with Gasteiger partial charge in [-0.25, -0.2) is 0 Å². The summed E-state index contributed by atoms with van der Waals surface area (Å²) < 4.78 is 11.2. The second kappa shape index (κ2) is 8.73. The molecule has 4 rings (SSSR count). The third-order valence-corrected chi connectivity index (χ3v) is 6.57. The second-order valence-electron chi connectivity index (χ2n) is 7.23. The number of nitrogens with zero attached hydrogens (tertiary/aromatic N) is 3. The monoisotopic (exact) mass is 433 g/mol. The van der Waals surface area contributed by atoms with Crippen LogP contribution in [0.1, 0.15) is 18.4 Å². The number of benzene rings is 1. The van der Waals surface area contributed by atoms with Gasteiger partial charge < -0.3 is 19.3 Å². The Morgan fingerprint density at radius 2 is 1.97 bits per heavy atom. The summed E-state index contributed by atoms with van der Waals surface area (Å²) in [6.45, 7) is 4.04. The van der Waals surface area contributed by atoms with Crippen LogP contribution in [0.5, 0.6) is 11.5 Å². The van der Waals surface area contributed by atoms with E-state index < -0.39 is 0 Å². The van der Waals surface area contributed by atoms with Crippen LogP contribution in [0.2, 0.25) is 0 Å². The van der Waals surface area contributed by atoms with Gasteiger partial charge in [0.2, 0.25) is 12.7 Å². The summed E-state index contributed by atoms with van der Waals surface area (Å²) in [5, 5.41) is 0. The van der Waals surface area contributed by atoms with E-state index in [2.05, 4.69) is 11.9 Å². The van der Waals surface area contributed by atoms with E-state index in [1.165, 1.54) is 11.8 Å². The highest BCUT2D eigenvalue weighted by atomic mass is 32.2. The maximum atomic E-state index is 12.8. The summed E-state index contributed by atoms with van der Waals surface area (Å²) in [5.74, 6) is 1.43. The number of amides is 2. The minimum absolute atomic E-state index is 0.107. The van der Waals surface area contributed by atoms with Gasteiger partial charge in [0.25, 0.3) is 5.91 Å². The number of thioether (sulfide) groups is 1. The number of fused-ring (bicyclic) bond motifs is 1. The van der Waals surface area contributed by atoms with Crippen LogP contribution in [-0.4, -0.2) is 77.4 Å². The van der Waals surface area contributed by atoms with Crippen molar-refractivity contribution in [2.24, 2.45) is 0 Å². The van der Waals surface area contributed by atoms with Crippen molar-refractivity contribution in [2.75, 3.05) is 46.6 Å². The van der Waals surface area contributed by atoms with Crippen LogP contribution in [0, 0.1) is 0 Å². The molecule has 2 amide bonds. The Bertz CT molecular complexity index is 865. The molecule has 0 saturated carbocycles. The third-order valence-electron chi connectivity index (χ3n) is 5.20. The topological polar surface area (TPSA) is 62.3 Å². The zero-order valence-corrected chi connectivity index (χ0v) is 17.9. The van der Waals surface area contributed by atoms with Crippen LogP contribution in [0.4, 0.5) is 0 Å².